The molecule has 0 aliphatic rings. The van der Waals surface area contributed by atoms with E-state index in [-0.39, 0.29) is 5.97 Å². The van der Waals surface area contributed by atoms with Crippen LogP contribution < -0.4 is 5.48 Å². The molecule has 2 N–H and O–H groups in total. The molecule has 0 saturated carbocycles. The molecule has 0 radical (unpaired) electrons. The zero-order valence-electron chi connectivity index (χ0n) is 11.3. The quantitative estimate of drug-likeness (QED) is 0.647. The number of benzene rings is 2. The number of anilines is 1. The minimum atomic E-state index is -0.345. The molecule has 4 nitrogen and oxygen atoms in total. The number of nitrogens with one attached hydrogen (secondary N) is 1. The van der Waals surface area contributed by atoms with E-state index in [9.17, 15) is 4.79 Å². The molecule has 20 heavy (non-hydrogen) atoms. The second kappa shape index (κ2) is 6.73. The van der Waals surface area contributed by atoms with E-state index in [0.717, 1.165) is 11.1 Å². The van der Waals surface area contributed by atoms with Crippen LogP contribution in [0.4, 0.5) is 5.69 Å². The fraction of sp³-hybridized carbons (Fsp3) is 0.188. The molecule has 2 aromatic carbocycles. The highest BCUT2D eigenvalue weighted by molar-refractivity contribution is 5.91. The van der Waals surface area contributed by atoms with E-state index in [2.05, 4.69) is 5.48 Å². The minimum Gasteiger partial charge on any atom is -0.462 e. The van der Waals surface area contributed by atoms with Gasteiger partial charge in [-0.3, -0.25) is 10.7 Å². The third-order valence-electron chi connectivity index (χ3n) is 2.97. The normalized spacial score (nSPS) is 10.1. The Morgan fingerprint density at radius 3 is 2.60 bits per heavy atom. The van der Waals surface area contributed by atoms with Crippen LogP contribution in [0.15, 0.2) is 48.5 Å². The summed E-state index contributed by atoms with van der Waals surface area (Å²) in [6, 6.07) is 14.9. The van der Waals surface area contributed by atoms with E-state index in [1.165, 1.54) is 0 Å². The van der Waals surface area contributed by atoms with Gasteiger partial charge < -0.3 is 4.74 Å². The van der Waals surface area contributed by atoms with Crippen LogP contribution >= 0.6 is 0 Å². The predicted molar refractivity (Wildman–Crippen MR) is 77.1 cm³/mol. The van der Waals surface area contributed by atoms with Crippen molar-refractivity contribution < 1.29 is 14.7 Å². The Hall–Kier alpha value is -2.33. The molecule has 0 amide bonds. The van der Waals surface area contributed by atoms with Crippen molar-refractivity contribution in [3.8, 4) is 0 Å². The molecule has 0 atom stereocenters. The van der Waals surface area contributed by atoms with E-state index >= 15 is 0 Å². The van der Waals surface area contributed by atoms with Crippen molar-refractivity contribution in [2.45, 2.75) is 13.3 Å². The van der Waals surface area contributed by atoms with Crippen LogP contribution in [0, 0.1) is 0 Å². The third kappa shape index (κ3) is 3.36. The SMILES string of the molecule is CCOC(=O)c1ccc(NO)cc1Cc1ccccc1. The molecule has 0 fully saturated rings. The summed E-state index contributed by atoms with van der Waals surface area (Å²) in [4.78, 5) is 12.0. The van der Waals surface area contributed by atoms with Crippen LogP contribution in [0.1, 0.15) is 28.4 Å². The van der Waals surface area contributed by atoms with Gasteiger partial charge in [0.15, 0.2) is 0 Å². The van der Waals surface area contributed by atoms with Gasteiger partial charge in [-0.25, -0.2) is 4.79 Å². The molecule has 0 aliphatic carbocycles. The predicted octanol–water partition coefficient (Wildman–Crippen LogP) is 3.26. The van der Waals surface area contributed by atoms with Gasteiger partial charge in [0.1, 0.15) is 0 Å². The van der Waals surface area contributed by atoms with Gasteiger partial charge in [0.25, 0.3) is 0 Å². The molecular formula is C16H17NO3. The number of rotatable bonds is 5. The zero-order valence-corrected chi connectivity index (χ0v) is 11.3. The Balaban J connectivity index is 2.34. The average molecular weight is 271 g/mol. The lowest BCUT2D eigenvalue weighted by Gasteiger charge is -2.11. The lowest BCUT2D eigenvalue weighted by Crippen LogP contribution is -2.09. The van der Waals surface area contributed by atoms with Crippen LogP contribution in [0.2, 0.25) is 0 Å². The van der Waals surface area contributed by atoms with E-state index in [0.29, 0.717) is 24.3 Å². The van der Waals surface area contributed by atoms with Crippen LogP contribution in [0.3, 0.4) is 0 Å². The molecule has 0 spiro atoms. The number of esters is 1. The Morgan fingerprint density at radius 2 is 1.95 bits per heavy atom. The van der Waals surface area contributed by atoms with Crippen LogP contribution in [0.5, 0.6) is 0 Å². The lowest BCUT2D eigenvalue weighted by molar-refractivity contribution is 0.0525. The van der Waals surface area contributed by atoms with Crippen molar-refractivity contribution in [3.05, 3.63) is 65.2 Å². The van der Waals surface area contributed by atoms with E-state index in [1.807, 2.05) is 30.3 Å². The Kier molecular flexibility index (Phi) is 4.74. The molecule has 0 saturated heterocycles. The molecule has 2 aromatic rings. The third-order valence-corrected chi connectivity index (χ3v) is 2.97. The Labute approximate surface area is 118 Å². The molecule has 104 valence electrons. The smallest absolute Gasteiger partial charge is 0.338 e. The number of ether oxygens (including phenoxy) is 1. The first-order valence-electron chi connectivity index (χ1n) is 6.48. The maximum atomic E-state index is 12.0. The summed E-state index contributed by atoms with van der Waals surface area (Å²) in [5.74, 6) is -0.345. The van der Waals surface area contributed by atoms with Gasteiger partial charge in [-0.2, -0.15) is 0 Å². The van der Waals surface area contributed by atoms with E-state index < -0.39 is 0 Å². The molecule has 0 bridgehead atoms. The molecule has 4 heteroatoms. The van der Waals surface area contributed by atoms with Crippen LogP contribution in [-0.4, -0.2) is 17.8 Å². The number of hydrogen-bond acceptors (Lipinski definition) is 4. The monoisotopic (exact) mass is 271 g/mol. The summed E-state index contributed by atoms with van der Waals surface area (Å²) in [7, 11) is 0. The fourth-order valence-electron chi connectivity index (χ4n) is 2.03. The molecule has 0 aromatic heterocycles. The highest BCUT2D eigenvalue weighted by atomic mass is 16.5. The Morgan fingerprint density at radius 1 is 1.20 bits per heavy atom. The van der Waals surface area contributed by atoms with Crippen molar-refractivity contribution in [3.63, 3.8) is 0 Å². The first-order chi connectivity index (χ1) is 9.74. The van der Waals surface area contributed by atoms with Gasteiger partial charge in [-0.1, -0.05) is 30.3 Å². The van der Waals surface area contributed by atoms with Gasteiger partial charge in [-0.15, -0.1) is 0 Å². The van der Waals surface area contributed by atoms with Crippen molar-refractivity contribution in [1.82, 2.24) is 0 Å². The zero-order chi connectivity index (χ0) is 14.4. The van der Waals surface area contributed by atoms with Gasteiger partial charge in [0, 0.05) is 0 Å². The van der Waals surface area contributed by atoms with Gasteiger partial charge >= 0.3 is 5.97 Å². The molecule has 0 aliphatic heterocycles. The summed E-state index contributed by atoms with van der Waals surface area (Å²) in [5, 5.41) is 8.99. The summed E-state index contributed by atoms with van der Waals surface area (Å²) < 4.78 is 5.06. The van der Waals surface area contributed by atoms with Crippen molar-refractivity contribution in [1.29, 1.82) is 0 Å². The molecule has 0 heterocycles. The van der Waals surface area contributed by atoms with Gasteiger partial charge in [0.2, 0.25) is 0 Å². The second-order valence-electron chi connectivity index (χ2n) is 4.37. The molecule has 2 rings (SSSR count). The van der Waals surface area contributed by atoms with Crippen LogP contribution in [-0.2, 0) is 11.2 Å². The summed E-state index contributed by atoms with van der Waals surface area (Å²) in [5.41, 5.74) is 5.07. The number of hydrogen-bond donors (Lipinski definition) is 2. The second-order valence-corrected chi connectivity index (χ2v) is 4.37. The topological polar surface area (TPSA) is 58.6 Å². The molecule has 0 unspecified atom stereocenters. The van der Waals surface area contributed by atoms with Crippen LogP contribution in [0.25, 0.3) is 0 Å². The standard InChI is InChI=1S/C16H17NO3/c1-2-20-16(18)15-9-8-14(17-19)11-13(15)10-12-6-4-3-5-7-12/h3-9,11,17,19H,2,10H2,1H3. The largest absolute Gasteiger partial charge is 0.462 e. The maximum absolute atomic E-state index is 12.0. The van der Waals surface area contributed by atoms with Gasteiger partial charge in [0.05, 0.1) is 17.9 Å². The average Bonchev–Trinajstić information content (AvgIpc) is 2.48. The number of carbonyl (C=O) groups is 1. The van der Waals surface area contributed by atoms with Crippen molar-refractivity contribution in [2.24, 2.45) is 0 Å². The van der Waals surface area contributed by atoms with Crippen molar-refractivity contribution in [2.75, 3.05) is 12.1 Å². The highest BCUT2D eigenvalue weighted by Gasteiger charge is 2.13. The van der Waals surface area contributed by atoms with E-state index in [1.54, 1.807) is 25.1 Å². The Bertz CT molecular complexity index is 582. The summed E-state index contributed by atoms with van der Waals surface area (Å²) in [6.45, 7) is 2.11. The summed E-state index contributed by atoms with van der Waals surface area (Å²) >= 11 is 0. The van der Waals surface area contributed by atoms with Crippen molar-refractivity contribution >= 4 is 11.7 Å². The van der Waals surface area contributed by atoms with E-state index in [4.69, 9.17) is 9.94 Å². The van der Waals surface area contributed by atoms with Gasteiger partial charge in [-0.05, 0) is 42.7 Å². The first kappa shape index (κ1) is 14.1. The first-order valence-corrected chi connectivity index (χ1v) is 6.48. The highest BCUT2D eigenvalue weighted by Crippen LogP contribution is 2.20. The maximum Gasteiger partial charge on any atom is 0.338 e. The fourth-order valence-corrected chi connectivity index (χ4v) is 2.03. The lowest BCUT2D eigenvalue weighted by atomic mass is 9.99. The minimum absolute atomic E-state index is 0.337. The summed E-state index contributed by atoms with van der Waals surface area (Å²) in [6.07, 6.45) is 0.602. The molecular weight excluding hydrogens is 254 g/mol. The number of carbonyl (C=O) groups excluding carboxylic acids is 1.